The highest BCUT2D eigenvalue weighted by atomic mass is 16.3. The molecule has 0 radical (unpaired) electrons. The van der Waals surface area contributed by atoms with Gasteiger partial charge in [-0.15, -0.1) is 0 Å². The van der Waals surface area contributed by atoms with Crippen molar-refractivity contribution >= 4 is 0 Å². The molecule has 1 unspecified atom stereocenters. The van der Waals surface area contributed by atoms with E-state index in [1.807, 2.05) is 13.0 Å². The number of hydrogen-bond acceptors (Lipinski definition) is 2. The first-order valence-electron chi connectivity index (χ1n) is 6.36. The maximum absolute atomic E-state index is 10.2. The van der Waals surface area contributed by atoms with Gasteiger partial charge in [-0.25, -0.2) is 0 Å². The van der Waals surface area contributed by atoms with Gasteiger partial charge in [-0.2, -0.15) is 0 Å². The molecule has 0 spiro atoms. The molecule has 18 heavy (non-hydrogen) atoms. The zero-order valence-electron chi connectivity index (χ0n) is 10.9. The van der Waals surface area contributed by atoms with Crippen molar-refractivity contribution in [1.29, 1.82) is 0 Å². The maximum Gasteiger partial charge on any atom is 0.0845 e. The molecule has 2 nitrogen and oxygen atoms in total. The molecule has 2 aromatic rings. The lowest BCUT2D eigenvalue weighted by Crippen LogP contribution is -2.02. The number of aliphatic hydroxyl groups is 1. The lowest BCUT2D eigenvalue weighted by atomic mass is 10.0. The van der Waals surface area contributed by atoms with Crippen LogP contribution in [-0.4, -0.2) is 10.1 Å². The molecule has 94 valence electrons. The Morgan fingerprint density at radius 3 is 2.39 bits per heavy atom. The fourth-order valence-electron chi connectivity index (χ4n) is 2.01. The number of pyridine rings is 1. The van der Waals surface area contributed by atoms with E-state index in [-0.39, 0.29) is 0 Å². The van der Waals surface area contributed by atoms with E-state index in [0.717, 1.165) is 23.1 Å². The normalized spacial score (nSPS) is 12.4. The van der Waals surface area contributed by atoms with Crippen LogP contribution in [0.3, 0.4) is 0 Å². The van der Waals surface area contributed by atoms with E-state index >= 15 is 0 Å². The van der Waals surface area contributed by atoms with Crippen LogP contribution in [0.15, 0.2) is 42.7 Å². The summed E-state index contributed by atoms with van der Waals surface area (Å²) in [5.74, 6) is 0. The second kappa shape index (κ2) is 5.78. The minimum atomic E-state index is -0.482. The molecule has 0 bridgehead atoms. The van der Waals surface area contributed by atoms with Gasteiger partial charge in [0, 0.05) is 18.8 Å². The van der Waals surface area contributed by atoms with Gasteiger partial charge in [0.2, 0.25) is 0 Å². The second-order valence-corrected chi connectivity index (χ2v) is 4.69. The Hall–Kier alpha value is -1.67. The van der Waals surface area contributed by atoms with Gasteiger partial charge in [-0.1, -0.05) is 37.3 Å². The van der Waals surface area contributed by atoms with Gasteiger partial charge < -0.3 is 5.11 Å². The summed E-state index contributed by atoms with van der Waals surface area (Å²) in [6, 6.07) is 10.4. The lowest BCUT2D eigenvalue weighted by molar-refractivity contribution is 0.178. The molecule has 0 aliphatic heterocycles. The van der Waals surface area contributed by atoms with E-state index in [1.165, 1.54) is 5.56 Å². The summed E-state index contributed by atoms with van der Waals surface area (Å²) in [5.41, 5.74) is 4.44. The molecular weight excluding hydrogens is 222 g/mol. The van der Waals surface area contributed by atoms with Crippen LogP contribution in [0.4, 0.5) is 0 Å². The molecule has 1 N–H and O–H groups in total. The Morgan fingerprint density at radius 2 is 1.78 bits per heavy atom. The number of aliphatic hydroxyl groups excluding tert-OH is 1. The molecule has 2 rings (SSSR count). The number of aryl methyl sites for hydroxylation is 2. The van der Waals surface area contributed by atoms with Crippen LogP contribution in [0, 0.1) is 6.92 Å². The standard InChI is InChI=1S/C16H19NO/c1-3-13-4-6-14(7-5-13)9-16(18)15-8-12(2)10-17-11-15/h4-8,10-11,16,18H,3,9H2,1-2H3. The van der Waals surface area contributed by atoms with Gasteiger partial charge in [0.15, 0.2) is 0 Å². The summed E-state index contributed by atoms with van der Waals surface area (Å²) in [6.45, 7) is 4.13. The monoisotopic (exact) mass is 241 g/mol. The zero-order valence-corrected chi connectivity index (χ0v) is 10.9. The Labute approximate surface area is 108 Å². The molecule has 1 aromatic carbocycles. The average molecular weight is 241 g/mol. The van der Waals surface area contributed by atoms with E-state index in [9.17, 15) is 5.11 Å². The quantitative estimate of drug-likeness (QED) is 0.891. The van der Waals surface area contributed by atoms with Gasteiger partial charge >= 0.3 is 0 Å². The lowest BCUT2D eigenvalue weighted by Gasteiger charge is -2.11. The summed E-state index contributed by atoms with van der Waals surface area (Å²) < 4.78 is 0. The van der Waals surface area contributed by atoms with Crippen molar-refractivity contribution in [3.8, 4) is 0 Å². The number of benzene rings is 1. The van der Waals surface area contributed by atoms with Crippen LogP contribution in [0.5, 0.6) is 0 Å². The molecule has 1 aromatic heterocycles. The van der Waals surface area contributed by atoms with Crippen LogP contribution in [0.2, 0.25) is 0 Å². The smallest absolute Gasteiger partial charge is 0.0845 e. The first kappa shape index (κ1) is 12.8. The first-order valence-corrected chi connectivity index (χ1v) is 6.36. The number of nitrogens with zero attached hydrogens (tertiary/aromatic N) is 1. The van der Waals surface area contributed by atoms with Crippen LogP contribution in [0.25, 0.3) is 0 Å². The highest BCUT2D eigenvalue weighted by molar-refractivity contribution is 5.25. The van der Waals surface area contributed by atoms with Gasteiger partial charge in [0.05, 0.1) is 6.10 Å². The van der Waals surface area contributed by atoms with E-state index in [4.69, 9.17) is 0 Å². The van der Waals surface area contributed by atoms with E-state index in [2.05, 4.69) is 36.2 Å². The third-order valence-corrected chi connectivity index (χ3v) is 3.14. The van der Waals surface area contributed by atoms with Crippen LogP contribution < -0.4 is 0 Å². The molecule has 0 aliphatic rings. The molecular formula is C16H19NO. The first-order chi connectivity index (χ1) is 8.69. The third kappa shape index (κ3) is 3.17. The minimum Gasteiger partial charge on any atom is -0.388 e. The molecule has 0 amide bonds. The van der Waals surface area contributed by atoms with Crippen LogP contribution >= 0.6 is 0 Å². The van der Waals surface area contributed by atoms with Crippen molar-refractivity contribution in [2.75, 3.05) is 0 Å². The van der Waals surface area contributed by atoms with Crippen LogP contribution in [0.1, 0.15) is 35.3 Å². The molecule has 1 atom stereocenters. The van der Waals surface area contributed by atoms with E-state index in [1.54, 1.807) is 12.4 Å². The highest BCUT2D eigenvalue weighted by Crippen LogP contribution is 2.18. The fraction of sp³-hybridized carbons (Fsp3) is 0.312. The van der Waals surface area contributed by atoms with Crippen molar-refractivity contribution in [1.82, 2.24) is 4.98 Å². The van der Waals surface area contributed by atoms with Gasteiger partial charge in [-0.05, 0) is 35.6 Å². The summed E-state index contributed by atoms with van der Waals surface area (Å²) in [7, 11) is 0. The Balaban J connectivity index is 2.08. The molecule has 0 aliphatic carbocycles. The highest BCUT2D eigenvalue weighted by Gasteiger charge is 2.09. The average Bonchev–Trinajstić information content (AvgIpc) is 2.39. The molecule has 1 heterocycles. The summed E-state index contributed by atoms with van der Waals surface area (Å²) in [5, 5.41) is 10.2. The largest absolute Gasteiger partial charge is 0.388 e. The van der Waals surface area contributed by atoms with Crippen LogP contribution in [-0.2, 0) is 12.8 Å². The van der Waals surface area contributed by atoms with Crippen molar-refractivity contribution in [2.24, 2.45) is 0 Å². The van der Waals surface area contributed by atoms with E-state index in [0.29, 0.717) is 6.42 Å². The van der Waals surface area contributed by atoms with Crippen molar-refractivity contribution in [3.05, 3.63) is 65.0 Å². The van der Waals surface area contributed by atoms with Gasteiger partial charge in [0.1, 0.15) is 0 Å². The molecule has 0 fully saturated rings. The molecule has 2 heteroatoms. The van der Waals surface area contributed by atoms with E-state index < -0.39 is 6.10 Å². The Morgan fingerprint density at radius 1 is 1.11 bits per heavy atom. The molecule has 0 saturated heterocycles. The summed E-state index contributed by atoms with van der Waals surface area (Å²) >= 11 is 0. The van der Waals surface area contributed by atoms with Gasteiger partial charge in [0.25, 0.3) is 0 Å². The number of aromatic nitrogens is 1. The zero-order chi connectivity index (χ0) is 13.0. The topological polar surface area (TPSA) is 33.1 Å². The Kier molecular flexibility index (Phi) is 4.11. The number of rotatable bonds is 4. The summed E-state index contributed by atoms with van der Waals surface area (Å²) in [6.07, 6.45) is 4.73. The van der Waals surface area contributed by atoms with Gasteiger partial charge in [-0.3, -0.25) is 4.98 Å². The predicted octanol–water partition coefficient (Wildman–Crippen LogP) is 3.23. The second-order valence-electron chi connectivity index (χ2n) is 4.69. The third-order valence-electron chi connectivity index (χ3n) is 3.14. The van der Waals surface area contributed by atoms with Crippen molar-refractivity contribution in [3.63, 3.8) is 0 Å². The molecule has 0 saturated carbocycles. The van der Waals surface area contributed by atoms with Crippen molar-refractivity contribution in [2.45, 2.75) is 32.8 Å². The predicted molar refractivity (Wildman–Crippen MR) is 73.5 cm³/mol. The minimum absolute atomic E-state index is 0.482. The fourth-order valence-corrected chi connectivity index (χ4v) is 2.01. The Bertz CT molecular complexity index is 505. The summed E-state index contributed by atoms with van der Waals surface area (Å²) in [4.78, 5) is 4.11. The SMILES string of the molecule is CCc1ccc(CC(O)c2cncc(C)c2)cc1. The number of hydrogen-bond donors (Lipinski definition) is 1. The maximum atomic E-state index is 10.2. The van der Waals surface area contributed by atoms with Crippen molar-refractivity contribution < 1.29 is 5.11 Å².